The first-order chi connectivity index (χ1) is 11.6. The van der Waals surface area contributed by atoms with Crippen molar-refractivity contribution >= 4 is 27.4 Å². The molecular weight excluding hydrogens is 338 g/mol. The molecule has 2 atom stereocenters. The van der Waals surface area contributed by atoms with E-state index in [4.69, 9.17) is 0 Å². The van der Waals surface area contributed by atoms with Gasteiger partial charge >= 0.3 is 6.03 Å². The zero-order chi connectivity index (χ0) is 18.7. The Morgan fingerprint density at radius 1 is 1.20 bits per heavy atom. The summed E-state index contributed by atoms with van der Waals surface area (Å²) >= 11 is 0. The molecule has 1 saturated carbocycles. The van der Waals surface area contributed by atoms with Crippen molar-refractivity contribution in [1.29, 1.82) is 0 Å². The number of sulfonamides is 1. The second-order valence-corrected chi connectivity index (χ2v) is 9.68. The Bertz CT molecular complexity index is 699. The second kappa shape index (κ2) is 7.64. The lowest BCUT2D eigenvalue weighted by molar-refractivity contribution is 0.152. The van der Waals surface area contributed by atoms with Gasteiger partial charge in [0.2, 0.25) is 10.0 Å². The fourth-order valence-corrected chi connectivity index (χ4v) is 4.01. The third-order valence-corrected chi connectivity index (χ3v) is 6.11. The lowest BCUT2D eigenvalue weighted by Crippen LogP contribution is -2.46. The van der Waals surface area contributed by atoms with E-state index in [0.29, 0.717) is 22.7 Å². The zero-order valence-electron chi connectivity index (χ0n) is 15.4. The Kier molecular flexibility index (Phi) is 5.98. The molecule has 1 aliphatic rings. The van der Waals surface area contributed by atoms with E-state index in [9.17, 15) is 13.2 Å². The van der Waals surface area contributed by atoms with Crippen LogP contribution < -0.4 is 15.4 Å². The van der Waals surface area contributed by atoms with Crippen LogP contribution >= 0.6 is 0 Å². The maximum atomic E-state index is 12.2. The number of anilines is 2. The molecular formula is C18H29N3O3S. The number of hydrogen-bond acceptors (Lipinski definition) is 3. The molecule has 1 aromatic rings. The Balaban J connectivity index is 1.88. The molecule has 0 radical (unpaired) electrons. The van der Waals surface area contributed by atoms with Gasteiger partial charge in [-0.2, -0.15) is 0 Å². The van der Waals surface area contributed by atoms with Crippen LogP contribution in [0.4, 0.5) is 16.2 Å². The van der Waals surface area contributed by atoms with Crippen LogP contribution in [0.2, 0.25) is 0 Å². The molecule has 1 aliphatic carbocycles. The van der Waals surface area contributed by atoms with E-state index in [1.54, 1.807) is 31.2 Å². The van der Waals surface area contributed by atoms with Crippen molar-refractivity contribution < 1.29 is 13.2 Å². The van der Waals surface area contributed by atoms with Gasteiger partial charge in [-0.1, -0.05) is 20.8 Å². The number of benzene rings is 1. The minimum atomic E-state index is -3.29. The molecule has 2 unspecified atom stereocenters. The molecule has 0 heterocycles. The van der Waals surface area contributed by atoms with Crippen molar-refractivity contribution in [2.24, 2.45) is 11.3 Å². The summed E-state index contributed by atoms with van der Waals surface area (Å²) in [6.45, 7) is 8.30. The largest absolute Gasteiger partial charge is 0.335 e. The van der Waals surface area contributed by atoms with Crippen molar-refractivity contribution in [2.45, 2.75) is 53.0 Å². The fourth-order valence-electron chi connectivity index (χ4n) is 3.37. The third kappa shape index (κ3) is 5.92. The highest BCUT2D eigenvalue weighted by molar-refractivity contribution is 7.92. The lowest BCUT2D eigenvalue weighted by atomic mass is 9.70. The van der Waals surface area contributed by atoms with E-state index in [1.165, 1.54) is 0 Å². The van der Waals surface area contributed by atoms with Gasteiger partial charge in [0.1, 0.15) is 0 Å². The smallest absolute Gasteiger partial charge is 0.319 e. The van der Waals surface area contributed by atoms with Crippen molar-refractivity contribution in [3.8, 4) is 0 Å². The van der Waals surface area contributed by atoms with E-state index < -0.39 is 10.0 Å². The molecule has 0 saturated heterocycles. The molecule has 1 fully saturated rings. The molecule has 6 nitrogen and oxygen atoms in total. The molecule has 0 bridgehead atoms. The van der Waals surface area contributed by atoms with Crippen LogP contribution in [0.15, 0.2) is 24.3 Å². The van der Waals surface area contributed by atoms with Crippen LogP contribution in [0.3, 0.4) is 0 Å². The first-order valence-corrected chi connectivity index (χ1v) is 10.4. The summed E-state index contributed by atoms with van der Waals surface area (Å²) in [5, 5.41) is 5.86. The fraction of sp³-hybridized carbons (Fsp3) is 0.611. The maximum Gasteiger partial charge on any atom is 0.319 e. The minimum absolute atomic E-state index is 0.0196. The van der Waals surface area contributed by atoms with Crippen molar-refractivity contribution in [3.63, 3.8) is 0 Å². The average molecular weight is 368 g/mol. The summed E-state index contributed by atoms with van der Waals surface area (Å²) in [5.74, 6) is 0.464. The first kappa shape index (κ1) is 19.6. The number of nitrogens with one attached hydrogen (secondary N) is 3. The van der Waals surface area contributed by atoms with Crippen LogP contribution in [0.1, 0.15) is 47.0 Å². The molecule has 0 aliphatic heterocycles. The lowest BCUT2D eigenvalue weighted by Gasteiger charge is -2.39. The predicted octanol–water partition coefficient (Wildman–Crippen LogP) is 3.78. The topological polar surface area (TPSA) is 87.3 Å². The van der Waals surface area contributed by atoms with Gasteiger partial charge in [-0.15, -0.1) is 0 Å². The number of carbonyl (C=O) groups excluding carboxylic acids is 1. The van der Waals surface area contributed by atoms with Gasteiger partial charge in [0.15, 0.2) is 0 Å². The quantitative estimate of drug-likeness (QED) is 0.740. The van der Waals surface area contributed by atoms with Crippen LogP contribution in [0.25, 0.3) is 0 Å². The maximum absolute atomic E-state index is 12.2. The Morgan fingerprint density at radius 3 is 2.36 bits per heavy atom. The summed E-state index contributed by atoms with van der Waals surface area (Å²) in [6, 6.07) is 6.59. The monoisotopic (exact) mass is 367 g/mol. The van der Waals surface area contributed by atoms with Crippen molar-refractivity contribution in [3.05, 3.63) is 24.3 Å². The molecule has 7 heteroatoms. The summed E-state index contributed by atoms with van der Waals surface area (Å²) < 4.78 is 25.5. The standard InChI is InChI=1S/C18H29N3O3S/c1-5-25(23,24)21-15-8-6-14(7-9-15)19-17(22)20-16-10-11-18(3,4)12-13(16)2/h6-9,13,16,21H,5,10-12H2,1-4H3,(H2,19,20,22). The molecule has 2 amide bonds. The SMILES string of the molecule is CCS(=O)(=O)Nc1ccc(NC(=O)NC2CCC(C)(C)CC2C)cc1. The molecule has 1 aromatic carbocycles. The van der Waals surface area contributed by atoms with Crippen LogP contribution in [-0.4, -0.2) is 26.2 Å². The van der Waals surface area contributed by atoms with Gasteiger partial charge < -0.3 is 10.6 Å². The summed E-state index contributed by atoms with van der Waals surface area (Å²) in [7, 11) is -3.29. The highest BCUT2D eigenvalue weighted by Crippen LogP contribution is 2.38. The van der Waals surface area contributed by atoms with Crippen LogP contribution in [0, 0.1) is 11.3 Å². The van der Waals surface area contributed by atoms with Gasteiger partial charge in [-0.3, -0.25) is 4.72 Å². The Morgan fingerprint density at radius 2 is 1.80 bits per heavy atom. The van der Waals surface area contributed by atoms with Crippen molar-refractivity contribution in [1.82, 2.24) is 5.32 Å². The zero-order valence-corrected chi connectivity index (χ0v) is 16.2. The number of urea groups is 1. The van der Waals surface area contributed by atoms with E-state index in [2.05, 4.69) is 36.1 Å². The number of rotatable bonds is 5. The van der Waals surface area contributed by atoms with Crippen LogP contribution in [0.5, 0.6) is 0 Å². The molecule has 2 rings (SSSR count). The second-order valence-electron chi connectivity index (χ2n) is 7.67. The van der Waals surface area contributed by atoms with E-state index in [1.807, 2.05) is 0 Å². The molecule has 0 spiro atoms. The first-order valence-electron chi connectivity index (χ1n) is 8.78. The molecule has 25 heavy (non-hydrogen) atoms. The highest BCUT2D eigenvalue weighted by atomic mass is 32.2. The summed E-state index contributed by atoms with van der Waals surface area (Å²) in [6.07, 6.45) is 3.19. The average Bonchev–Trinajstić information content (AvgIpc) is 2.51. The van der Waals surface area contributed by atoms with Gasteiger partial charge in [0, 0.05) is 17.4 Å². The van der Waals surface area contributed by atoms with E-state index >= 15 is 0 Å². The molecule has 0 aromatic heterocycles. The Labute approximate surface area is 150 Å². The number of hydrogen-bond donors (Lipinski definition) is 3. The number of carbonyl (C=O) groups is 1. The predicted molar refractivity (Wildman–Crippen MR) is 102 cm³/mol. The van der Waals surface area contributed by atoms with Gasteiger partial charge in [-0.25, -0.2) is 13.2 Å². The van der Waals surface area contributed by atoms with E-state index in [0.717, 1.165) is 19.3 Å². The normalized spacial score (nSPS) is 22.9. The van der Waals surface area contributed by atoms with Crippen molar-refractivity contribution in [2.75, 3.05) is 15.8 Å². The minimum Gasteiger partial charge on any atom is -0.335 e. The van der Waals surface area contributed by atoms with Gasteiger partial charge in [0.25, 0.3) is 0 Å². The van der Waals surface area contributed by atoms with Gasteiger partial charge in [0.05, 0.1) is 5.75 Å². The third-order valence-electron chi connectivity index (χ3n) is 4.81. The van der Waals surface area contributed by atoms with Gasteiger partial charge in [-0.05, 0) is 61.8 Å². The summed E-state index contributed by atoms with van der Waals surface area (Å²) in [5.41, 5.74) is 1.45. The van der Waals surface area contributed by atoms with Crippen LogP contribution in [-0.2, 0) is 10.0 Å². The Hall–Kier alpha value is -1.76. The summed E-state index contributed by atoms with van der Waals surface area (Å²) in [4.78, 5) is 12.2. The molecule has 3 N–H and O–H groups in total. The number of amides is 2. The molecule has 140 valence electrons. The highest BCUT2D eigenvalue weighted by Gasteiger charge is 2.32. The van der Waals surface area contributed by atoms with E-state index in [-0.39, 0.29) is 17.8 Å².